The molecule has 0 saturated carbocycles. The molecule has 0 unspecified atom stereocenters. The second kappa shape index (κ2) is 4.72. The van der Waals surface area contributed by atoms with E-state index in [0.29, 0.717) is 11.6 Å². The van der Waals surface area contributed by atoms with Crippen LogP contribution in [0, 0.1) is 6.92 Å². The van der Waals surface area contributed by atoms with Gasteiger partial charge in [0.15, 0.2) is 0 Å². The van der Waals surface area contributed by atoms with Crippen LogP contribution in [0.3, 0.4) is 0 Å². The number of nitrogens with zero attached hydrogens (tertiary/aromatic N) is 2. The monoisotopic (exact) mass is 251 g/mol. The van der Waals surface area contributed by atoms with Crippen LogP contribution in [0.2, 0.25) is 5.02 Å². The van der Waals surface area contributed by atoms with E-state index < -0.39 is 0 Å². The molecule has 0 spiro atoms. The van der Waals surface area contributed by atoms with E-state index in [1.165, 1.54) is 11.8 Å². The molecule has 0 aliphatic rings. The summed E-state index contributed by atoms with van der Waals surface area (Å²) in [6, 6.07) is 9.34. The van der Waals surface area contributed by atoms with Crippen LogP contribution >= 0.6 is 23.4 Å². The summed E-state index contributed by atoms with van der Waals surface area (Å²) in [6.45, 7) is 1.82. The Kier molecular flexibility index (Phi) is 3.31. The third kappa shape index (κ3) is 2.87. The predicted molar refractivity (Wildman–Crippen MR) is 66.8 cm³/mol. The molecule has 82 valence electrons. The first-order chi connectivity index (χ1) is 7.63. The molecule has 0 radical (unpaired) electrons. The number of hydrogen-bond acceptors (Lipinski definition) is 4. The van der Waals surface area contributed by atoms with Gasteiger partial charge in [-0.15, -0.1) is 0 Å². The van der Waals surface area contributed by atoms with Crippen LogP contribution in [0.4, 0.5) is 5.82 Å². The van der Waals surface area contributed by atoms with Crippen molar-refractivity contribution in [1.29, 1.82) is 0 Å². The molecule has 0 amide bonds. The van der Waals surface area contributed by atoms with Crippen molar-refractivity contribution in [2.24, 2.45) is 0 Å². The number of aryl methyl sites for hydroxylation is 1. The van der Waals surface area contributed by atoms with Gasteiger partial charge in [0.2, 0.25) is 0 Å². The summed E-state index contributed by atoms with van der Waals surface area (Å²) in [5.74, 6) is 1.17. The minimum absolute atomic E-state index is 0.490. The van der Waals surface area contributed by atoms with Gasteiger partial charge in [-0.1, -0.05) is 23.4 Å². The van der Waals surface area contributed by atoms with E-state index in [2.05, 4.69) is 9.97 Å². The van der Waals surface area contributed by atoms with Gasteiger partial charge in [-0.05, 0) is 31.2 Å². The van der Waals surface area contributed by atoms with Gasteiger partial charge < -0.3 is 5.73 Å². The minimum atomic E-state index is 0.490. The average molecular weight is 252 g/mol. The first-order valence-corrected chi connectivity index (χ1v) is 5.87. The highest BCUT2D eigenvalue weighted by Crippen LogP contribution is 2.27. The lowest BCUT2D eigenvalue weighted by Gasteiger charge is -2.03. The molecule has 0 fully saturated rings. The molecule has 2 N–H and O–H groups in total. The second-order valence-electron chi connectivity index (χ2n) is 3.23. The van der Waals surface area contributed by atoms with E-state index in [4.69, 9.17) is 17.3 Å². The number of halogens is 1. The highest BCUT2D eigenvalue weighted by molar-refractivity contribution is 7.99. The van der Waals surface area contributed by atoms with Gasteiger partial charge in [0, 0.05) is 16.0 Å². The Morgan fingerprint density at radius 3 is 2.50 bits per heavy atom. The zero-order valence-electron chi connectivity index (χ0n) is 8.64. The van der Waals surface area contributed by atoms with Crippen LogP contribution in [0.5, 0.6) is 0 Å². The highest BCUT2D eigenvalue weighted by atomic mass is 35.5. The van der Waals surface area contributed by atoms with Crippen molar-refractivity contribution in [2.45, 2.75) is 16.8 Å². The summed E-state index contributed by atoms with van der Waals surface area (Å²) in [6.07, 6.45) is 0. The number of aromatic nitrogens is 2. The molecule has 1 aromatic carbocycles. The lowest BCUT2D eigenvalue weighted by Crippen LogP contribution is -1.96. The lowest BCUT2D eigenvalue weighted by atomic mass is 10.4. The summed E-state index contributed by atoms with van der Waals surface area (Å²) in [7, 11) is 0. The Morgan fingerprint density at radius 2 is 1.88 bits per heavy atom. The summed E-state index contributed by atoms with van der Waals surface area (Å²) in [5, 5.41) is 1.56. The average Bonchev–Trinajstić information content (AvgIpc) is 2.20. The topological polar surface area (TPSA) is 51.8 Å². The van der Waals surface area contributed by atoms with E-state index in [1.54, 1.807) is 6.07 Å². The fourth-order valence-electron chi connectivity index (χ4n) is 1.24. The third-order valence-corrected chi connectivity index (χ3v) is 3.05. The molecule has 3 nitrogen and oxygen atoms in total. The van der Waals surface area contributed by atoms with Crippen LogP contribution in [-0.2, 0) is 0 Å². The first kappa shape index (κ1) is 11.2. The fourth-order valence-corrected chi connectivity index (χ4v) is 2.24. The number of anilines is 1. The first-order valence-electron chi connectivity index (χ1n) is 4.68. The lowest BCUT2D eigenvalue weighted by molar-refractivity contribution is 0.975. The van der Waals surface area contributed by atoms with Crippen LogP contribution in [0.25, 0.3) is 0 Å². The molecule has 0 bridgehead atoms. The Bertz CT molecular complexity index is 479. The Morgan fingerprint density at radius 1 is 1.19 bits per heavy atom. The van der Waals surface area contributed by atoms with Crippen molar-refractivity contribution in [2.75, 3.05) is 5.73 Å². The van der Waals surface area contributed by atoms with Crippen molar-refractivity contribution in [1.82, 2.24) is 9.97 Å². The van der Waals surface area contributed by atoms with Crippen LogP contribution in [0.15, 0.2) is 40.3 Å². The quantitative estimate of drug-likeness (QED) is 0.833. The van der Waals surface area contributed by atoms with Crippen LogP contribution < -0.4 is 5.73 Å². The number of benzene rings is 1. The van der Waals surface area contributed by atoms with Crippen LogP contribution in [-0.4, -0.2) is 9.97 Å². The molecule has 1 aromatic heterocycles. The molecule has 0 aliphatic carbocycles. The van der Waals surface area contributed by atoms with Gasteiger partial charge in [-0.3, -0.25) is 0 Å². The number of hydrogen-bond donors (Lipinski definition) is 1. The van der Waals surface area contributed by atoms with Gasteiger partial charge in [-0.25, -0.2) is 9.97 Å². The smallest absolute Gasteiger partial charge is 0.128 e. The summed E-state index contributed by atoms with van der Waals surface area (Å²) in [5.41, 5.74) is 5.65. The van der Waals surface area contributed by atoms with E-state index in [0.717, 1.165) is 14.9 Å². The van der Waals surface area contributed by atoms with Crippen molar-refractivity contribution < 1.29 is 0 Å². The van der Waals surface area contributed by atoms with Crippen molar-refractivity contribution >= 4 is 29.2 Å². The van der Waals surface area contributed by atoms with Gasteiger partial charge in [-0.2, -0.15) is 0 Å². The molecule has 1 heterocycles. The molecule has 16 heavy (non-hydrogen) atoms. The molecule has 0 saturated heterocycles. The fraction of sp³-hybridized carbons (Fsp3) is 0.0909. The van der Waals surface area contributed by atoms with Gasteiger partial charge in [0.05, 0.1) is 0 Å². The zero-order chi connectivity index (χ0) is 11.5. The number of nitrogen functional groups attached to an aromatic ring is 1. The normalized spacial score (nSPS) is 10.4. The summed E-state index contributed by atoms with van der Waals surface area (Å²) >= 11 is 7.35. The zero-order valence-corrected chi connectivity index (χ0v) is 10.2. The molecular weight excluding hydrogens is 242 g/mol. The maximum atomic E-state index is 5.81. The Balaban J connectivity index is 2.23. The summed E-state index contributed by atoms with van der Waals surface area (Å²) < 4.78 is 0. The van der Waals surface area contributed by atoms with Gasteiger partial charge >= 0.3 is 0 Å². The van der Waals surface area contributed by atoms with Crippen LogP contribution in [0.1, 0.15) is 5.82 Å². The minimum Gasteiger partial charge on any atom is -0.384 e. The van der Waals surface area contributed by atoms with E-state index in [9.17, 15) is 0 Å². The Hall–Kier alpha value is -1.26. The van der Waals surface area contributed by atoms with Gasteiger partial charge in [0.1, 0.15) is 16.7 Å². The standard InChI is InChI=1S/C11H10ClN3S/c1-7-14-10(13)6-11(15-7)16-9-4-2-8(12)3-5-9/h2-6H,1H3,(H2,13,14,15). The number of rotatable bonds is 2. The molecule has 0 atom stereocenters. The third-order valence-electron chi connectivity index (χ3n) is 1.87. The SMILES string of the molecule is Cc1nc(N)cc(Sc2ccc(Cl)cc2)n1. The van der Waals surface area contributed by atoms with Gasteiger partial charge in [0.25, 0.3) is 0 Å². The van der Waals surface area contributed by atoms with Crippen molar-refractivity contribution in [3.63, 3.8) is 0 Å². The highest BCUT2D eigenvalue weighted by Gasteiger charge is 2.02. The Labute approximate surface area is 103 Å². The van der Waals surface area contributed by atoms with E-state index >= 15 is 0 Å². The molecule has 5 heteroatoms. The number of nitrogens with two attached hydrogens (primary N) is 1. The van der Waals surface area contributed by atoms with E-state index in [1.807, 2.05) is 31.2 Å². The molecule has 2 aromatic rings. The largest absolute Gasteiger partial charge is 0.384 e. The van der Waals surface area contributed by atoms with E-state index in [-0.39, 0.29) is 0 Å². The summed E-state index contributed by atoms with van der Waals surface area (Å²) in [4.78, 5) is 9.38. The maximum Gasteiger partial charge on any atom is 0.128 e. The van der Waals surface area contributed by atoms with Crippen molar-refractivity contribution in [3.05, 3.63) is 41.2 Å². The van der Waals surface area contributed by atoms with Crippen molar-refractivity contribution in [3.8, 4) is 0 Å². The second-order valence-corrected chi connectivity index (χ2v) is 4.76. The molecule has 0 aliphatic heterocycles. The predicted octanol–water partition coefficient (Wildman–Crippen LogP) is 3.17. The molecule has 2 rings (SSSR count). The molecular formula is C11H10ClN3S. The maximum absolute atomic E-state index is 5.81.